The van der Waals surface area contributed by atoms with Crippen molar-refractivity contribution >= 4 is 0 Å². The van der Waals surface area contributed by atoms with Crippen LogP contribution in [0.1, 0.15) is 83.1 Å². The number of hydrogen-bond acceptors (Lipinski definition) is 1. The van der Waals surface area contributed by atoms with Gasteiger partial charge in [0.2, 0.25) is 5.82 Å². The van der Waals surface area contributed by atoms with Crippen LogP contribution < -0.4 is 4.74 Å². The summed E-state index contributed by atoms with van der Waals surface area (Å²) in [4.78, 5) is 0. The Labute approximate surface area is 186 Å². The number of halogens is 2. The first kappa shape index (κ1) is 22.3. The predicted octanol–water partition coefficient (Wildman–Crippen LogP) is 8.52. The first-order valence-corrected chi connectivity index (χ1v) is 12.3. The molecule has 0 radical (unpaired) electrons. The maximum absolute atomic E-state index is 14.5. The van der Waals surface area contributed by atoms with Gasteiger partial charge in [0.25, 0.3) is 0 Å². The summed E-state index contributed by atoms with van der Waals surface area (Å²) in [7, 11) is 0. The van der Waals surface area contributed by atoms with E-state index in [2.05, 4.69) is 19.1 Å². The Morgan fingerprint density at radius 2 is 1.52 bits per heavy atom. The summed E-state index contributed by atoms with van der Waals surface area (Å²) < 4.78 is 33.9. The van der Waals surface area contributed by atoms with E-state index >= 15 is 0 Å². The molecule has 168 valence electrons. The van der Waals surface area contributed by atoms with E-state index in [0.29, 0.717) is 23.7 Å². The fraction of sp³-hybridized carbons (Fsp3) is 0.571. The minimum absolute atomic E-state index is 0.0274. The normalized spacial score (nSPS) is 26.2. The standard InChI is InChI=1S/C28H36F2O/c1-3-5-19-6-7-24(18-19)22-10-8-20(9-11-22)21-12-14-23(15-13-21)25-16-17-26(31-4-2)28(30)27(25)29/h12-17,19-20,22,24H,3-11,18H2,1-2H3. The van der Waals surface area contributed by atoms with E-state index < -0.39 is 11.6 Å². The fourth-order valence-electron chi connectivity index (χ4n) is 6.09. The topological polar surface area (TPSA) is 9.23 Å². The summed E-state index contributed by atoms with van der Waals surface area (Å²) in [5, 5.41) is 0. The molecule has 0 spiro atoms. The zero-order valence-electron chi connectivity index (χ0n) is 19.0. The van der Waals surface area contributed by atoms with Gasteiger partial charge in [-0.2, -0.15) is 4.39 Å². The maximum Gasteiger partial charge on any atom is 0.201 e. The first-order chi connectivity index (χ1) is 15.1. The van der Waals surface area contributed by atoms with Gasteiger partial charge in [0.1, 0.15) is 0 Å². The van der Waals surface area contributed by atoms with Crippen molar-refractivity contribution < 1.29 is 13.5 Å². The molecule has 2 atom stereocenters. The molecule has 0 amide bonds. The number of rotatable bonds is 7. The molecule has 0 aliphatic heterocycles. The quantitative estimate of drug-likeness (QED) is 0.431. The third-order valence-corrected chi connectivity index (χ3v) is 7.76. The van der Waals surface area contributed by atoms with Crippen LogP contribution in [0.5, 0.6) is 5.75 Å². The molecule has 0 saturated heterocycles. The zero-order valence-corrected chi connectivity index (χ0v) is 19.0. The SMILES string of the molecule is CCCC1CCC(C2CCC(c3ccc(-c4ccc(OCC)c(F)c4F)cc3)CC2)C1. The van der Waals surface area contributed by atoms with Crippen molar-refractivity contribution in [3.63, 3.8) is 0 Å². The lowest BCUT2D eigenvalue weighted by Crippen LogP contribution is -2.19. The van der Waals surface area contributed by atoms with Crippen molar-refractivity contribution in [2.24, 2.45) is 17.8 Å². The smallest absolute Gasteiger partial charge is 0.201 e. The number of benzene rings is 2. The third-order valence-electron chi connectivity index (χ3n) is 7.76. The molecule has 0 aromatic heterocycles. The van der Waals surface area contributed by atoms with Gasteiger partial charge >= 0.3 is 0 Å². The maximum atomic E-state index is 14.5. The molecule has 2 saturated carbocycles. The number of hydrogen-bond donors (Lipinski definition) is 0. The van der Waals surface area contributed by atoms with Gasteiger partial charge < -0.3 is 4.74 Å². The Morgan fingerprint density at radius 3 is 2.19 bits per heavy atom. The van der Waals surface area contributed by atoms with Crippen molar-refractivity contribution in [1.29, 1.82) is 0 Å². The molecule has 0 bridgehead atoms. The average Bonchev–Trinajstić information content (AvgIpc) is 3.26. The summed E-state index contributed by atoms with van der Waals surface area (Å²) in [5.41, 5.74) is 2.34. The molecular weight excluding hydrogens is 390 g/mol. The largest absolute Gasteiger partial charge is 0.491 e. The molecule has 2 aliphatic carbocycles. The molecule has 2 fully saturated rings. The molecule has 2 unspecified atom stereocenters. The molecule has 0 heterocycles. The highest BCUT2D eigenvalue weighted by atomic mass is 19.2. The molecule has 4 rings (SSSR count). The Balaban J connectivity index is 1.37. The first-order valence-electron chi connectivity index (χ1n) is 12.3. The van der Waals surface area contributed by atoms with Gasteiger partial charge in [0.05, 0.1) is 6.61 Å². The number of ether oxygens (including phenoxy) is 1. The van der Waals surface area contributed by atoms with Crippen molar-refractivity contribution in [2.45, 2.75) is 77.6 Å². The Morgan fingerprint density at radius 1 is 0.806 bits per heavy atom. The third kappa shape index (κ3) is 4.96. The monoisotopic (exact) mass is 426 g/mol. The van der Waals surface area contributed by atoms with Crippen LogP contribution in [0.25, 0.3) is 11.1 Å². The minimum atomic E-state index is -0.908. The summed E-state index contributed by atoms with van der Waals surface area (Å²) in [5.74, 6) is 1.68. The van der Waals surface area contributed by atoms with Crippen LogP contribution >= 0.6 is 0 Å². The van der Waals surface area contributed by atoms with Gasteiger partial charge in [0, 0.05) is 5.56 Å². The molecule has 3 heteroatoms. The van der Waals surface area contributed by atoms with Crippen LogP contribution in [0.4, 0.5) is 8.78 Å². The summed E-state index contributed by atoms with van der Waals surface area (Å²) >= 11 is 0. The lowest BCUT2D eigenvalue weighted by atomic mass is 9.73. The van der Waals surface area contributed by atoms with E-state index in [0.717, 1.165) is 17.8 Å². The van der Waals surface area contributed by atoms with E-state index in [1.165, 1.54) is 69.4 Å². The van der Waals surface area contributed by atoms with E-state index in [1.807, 2.05) is 12.1 Å². The molecule has 2 aromatic carbocycles. The molecule has 1 nitrogen and oxygen atoms in total. The van der Waals surface area contributed by atoms with E-state index in [4.69, 9.17) is 4.74 Å². The van der Waals surface area contributed by atoms with E-state index in [-0.39, 0.29) is 5.75 Å². The fourth-order valence-corrected chi connectivity index (χ4v) is 6.09. The highest BCUT2D eigenvalue weighted by molar-refractivity contribution is 5.65. The van der Waals surface area contributed by atoms with Crippen LogP contribution in [0, 0.1) is 29.4 Å². The Hall–Kier alpha value is -1.90. The van der Waals surface area contributed by atoms with Gasteiger partial charge in [-0.15, -0.1) is 0 Å². The van der Waals surface area contributed by atoms with Crippen LogP contribution in [0.3, 0.4) is 0 Å². The van der Waals surface area contributed by atoms with Gasteiger partial charge in [0.15, 0.2) is 11.6 Å². The van der Waals surface area contributed by atoms with Crippen molar-refractivity contribution in [3.05, 3.63) is 53.6 Å². The summed E-state index contributed by atoms with van der Waals surface area (Å²) in [6.07, 6.45) is 12.3. The second-order valence-electron chi connectivity index (χ2n) is 9.63. The van der Waals surface area contributed by atoms with Crippen molar-refractivity contribution in [1.82, 2.24) is 0 Å². The Bertz CT molecular complexity index is 852. The van der Waals surface area contributed by atoms with Gasteiger partial charge in [-0.25, -0.2) is 4.39 Å². The van der Waals surface area contributed by atoms with Crippen LogP contribution in [-0.2, 0) is 0 Å². The van der Waals surface area contributed by atoms with Crippen molar-refractivity contribution in [2.75, 3.05) is 6.61 Å². The minimum Gasteiger partial charge on any atom is -0.491 e. The summed E-state index contributed by atoms with van der Waals surface area (Å²) in [6.45, 7) is 4.38. The van der Waals surface area contributed by atoms with E-state index in [9.17, 15) is 8.78 Å². The van der Waals surface area contributed by atoms with Gasteiger partial charge in [-0.3, -0.25) is 0 Å². The highest BCUT2D eigenvalue weighted by Gasteiger charge is 2.33. The highest BCUT2D eigenvalue weighted by Crippen LogP contribution is 2.46. The van der Waals surface area contributed by atoms with E-state index in [1.54, 1.807) is 13.0 Å². The van der Waals surface area contributed by atoms with Gasteiger partial charge in [-0.1, -0.05) is 50.5 Å². The molecular formula is C28H36F2O. The second kappa shape index (κ2) is 10.1. The van der Waals surface area contributed by atoms with Crippen LogP contribution in [0.15, 0.2) is 36.4 Å². The van der Waals surface area contributed by atoms with Crippen LogP contribution in [-0.4, -0.2) is 6.61 Å². The zero-order chi connectivity index (χ0) is 21.8. The lowest BCUT2D eigenvalue weighted by molar-refractivity contribution is 0.229. The van der Waals surface area contributed by atoms with Crippen LogP contribution in [0.2, 0.25) is 0 Å². The Kier molecular flexibility index (Phi) is 7.30. The lowest BCUT2D eigenvalue weighted by Gasteiger charge is -2.32. The summed E-state index contributed by atoms with van der Waals surface area (Å²) in [6, 6.07) is 11.2. The van der Waals surface area contributed by atoms with Crippen molar-refractivity contribution in [3.8, 4) is 16.9 Å². The molecule has 2 aromatic rings. The van der Waals surface area contributed by atoms with Gasteiger partial charge in [-0.05, 0) is 92.4 Å². The predicted molar refractivity (Wildman–Crippen MR) is 123 cm³/mol. The second-order valence-corrected chi connectivity index (χ2v) is 9.63. The molecule has 0 N–H and O–H groups in total. The average molecular weight is 427 g/mol. The molecule has 2 aliphatic rings. The molecule has 31 heavy (non-hydrogen) atoms.